The number of esters is 1. The van der Waals surface area contributed by atoms with E-state index in [2.05, 4.69) is 0 Å². The van der Waals surface area contributed by atoms with Crippen LogP contribution in [0.4, 0.5) is 0 Å². The lowest BCUT2D eigenvalue weighted by atomic mass is 10.2. The van der Waals surface area contributed by atoms with Crippen molar-refractivity contribution >= 4 is 35.6 Å². The van der Waals surface area contributed by atoms with Gasteiger partial charge in [-0.2, -0.15) is 0 Å². The summed E-state index contributed by atoms with van der Waals surface area (Å²) in [5.74, 6) is 0.538. The smallest absolute Gasteiger partial charge is 0.305 e. The summed E-state index contributed by atoms with van der Waals surface area (Å²) in [6.45, 7) is 2.19. The van der Waals surface area contributed by atoms with Crippen LogP contribution in [0.2, 0.25) is 5.02 Å². The van der Waals surface area contributed by atoms with Gasteiger partial charge in [0.25, 0.3) is 0 Å². The number of ether oxygens (including phenoxy) is 1. The summed E-state index contributed by atoms with van der Waals surface area (Å²) in [4.78, 5) is 22.8. The summed E-state index contributed by atoms with van der Waals surface area (Å²) in [5.41, 5.74) is 0.587. The zero-order valence-corrected chi connectivity index (χ0v) is 11.7. The van der Waals surface area contributed by atoms with Crippen LogP contribution < -0.4 is 0 Å². The zero-order valence-electron chi connectivity index (χ0n) is 10.1. The Kier molecular flexibility index (Phi) is 6.83. The third-order valence-corrected chi connectivity index (χ3v) is 3.87. The van der Waals surface area contributed by atoms with Crippen LogP contribution in [0.25, 0.3) is 0 Å². The maximum atomic E-state index is 11.1. The highest BCUT2D eigenvalue weighted by molar-refractivity contribution is 7.99. The van der Waals surface area contributed by atoms with Crippen LogP contribution >= 0.6 is 23.4 Å². The van der Waals surface area contributed by atoms with Crippen molar-refractivity contribution in [2.24, 2.45) is 0 Å². The molecule has 0 aliphatic rings. The summed E-state index contributed by atoms with van der Waals surface area (Å²) in [6.07, 6.45) is 1.88. The number of carbonyl (C=O) groups is 2. The normalized spacial score (nSPS) is 10.1. The standard InChI is InChI=1S/C13H15ClO3S/c1-2-17-12(16)7-4-8-18-13-10(9-15)5-3-6-11(13)14/h3,5-6,9H,2,4,7-8H2,1H3. The largest absolute Gasteiger partial charge is 0.466 e. The van der Waals surface area contributed by atoms with Crippen molar-refractivity contribution in [3.8, 4) is 0 Å². The van der Waals surface area contributed by atoms with E-state index in [0.29, 0.717) is 30.0 Å². The highest BCUT2D eigenvalue weighted by atomic mass is 35.5. The molecule has 0 atom stereocenters. The monoisotopic (exact) mass is 286 g/mol. The molecule has 3 nitrogen and oxygen atoms in total. The van der Waals surface area contributed by atoms with Gasteiger partial charge in [0.2, 0.25) is 0 Å². The van der Waals surface area contributed by atoms with Gasteiger partial charge in [-0.25, -0.2) is 0 Å². The first-order chi connectivity index (χ1) is 8.69. The summed E-state index contributed by atoms with van der Waals surface area (Å²) >= 11 is 7.52. The Hall–Kier alpha value is -1.00. The van der Waals surface area contributed by atoms with E-state index in [4.69, 9.17) is 16.3 Å². The number of halogens is 1. The number of carbonyl (C=O) groups excluding carboxylic acids is 2. The summed E-state index contributed by atoms with van der Waals surface area (Å²) in [7, 11) is 0. The van der Waals surface area contributed by atoms with Gasteiger partial charge in [-0.15, -0.1) is 11.8 Å². The molecule has 0 bridgehead atoms. The van der Waals surface area contributed by atoms with Gasteiger partial charge in [0.05, 0.1) is 11.6 Å². The van der Waals surface area contributed by atoms with Crippen molar-refractivity contribution in [3.05, 3.63) is 28.8 Å². The number of hydrogen-bond acceptors (Lipinski definition) is 4. The van der Waals surface area contributed by atoms with Crippen molar-refractivity contribution < 1.29 is 14.3 Å². The number of hydrogen-bond donors (Lipinski definition) is 0. The fourth-order valence-corrected chi connectivity index (χ4v) is 2.72. The van der Waals surface area contributed by atoms with E-state index in [-0.39, 0.29) is 5.97 Å². The van der Waals surface area contributed by atoms with E-state index in [9.17, 15) is 9.59 Å². The quantitative estimate of drug-likeness (QED) is 0.332. The number of thioether (sulfide) groups is 1. The van der Waals surface area contributed by atoms with Crippen LogP contribution in [-0.4, -0.2) is 24.6 Å². The highest BCUT2D eigenvalue weighted by Crippen LogP contribution is 2.30. The highest BCUT2D eigenvalue weighted by Gasteiger charge is 2.07. The molecule has 0 radical (unpaired) electrons. The van der Waals surface area contributed by atoms with Crippen molar-refractivity contribution in [3.63, 3.8) is 0 Å². The van der Waals surface area contributed by atoms with Crippen LogP contribution in [0.15, 0.2) is 23.1 Å². The Morgan fingerprint density at radius 2 is 2.28 bits per heavy atom. The Morgan fingerprint density at radius 3 is 2.94 bits per heavy atom. The van der Waals surface area contributed by atoms with Crippen molar-refractivity contribution in [1.82, 2.24) is 0 Å². The second-order valence-electron chi connectivity index (χ2n) is 3.53. The molecule has 0 heterocycles. The number of aldehydes is 1. The first-order valence-electron chi connectivity index (χ1n) is 5.71. The SMILES string of the molecule is CCOC(=O)CCCSc1c(Cl)cccc1C=O. The molecule has 18 heavy (non-hydrogen) atoms. The molecule has 98 valence electrons. The first kappa shape index (κ1) is 15.1. The molecule has 0 amide bonds. The van der Waals surface area contributed by atoms with E-state index in [1.54, 1.807) is 25.1 Å². The third kappa shape index (κ3) is 4.70. The Labute approximate surface area is 116 Å². The van der Waals surface area contributed by atoms with Gasteiger partial charge in [-0.3, -0.25) is 9.59 Å². The maximum absolute atomic E-state index is 11.1. The molecule has 0 aliphatic heterocycles. The summed E-state index contributed by atoms with van der Waals surface area (Å²) < 4.78 is 4.83. The zero-order chi connectivity index (χ0) is 13.4. The predicted octanol–water partition coefficient (Wildman–Crippen LogP) is 3.59. The fraction of sp³-hybridized carbons (Fsp3) is 0.385. The third-order valence-electron chi connectivity index (χ3n) is 2.20. The fourth-order valence-electron chi connectivity index (χ4n) is 1.39. The Morgan fingerprint density at radius 1 is 1.50 bits per heavy atom. The molecule has 0 fully saturated rings. The predicted molar refractivity (Wildman–Crippen MR) is 73.4 cm³/mol. The molecule has 0 aliphatic carbocycles. The lowest BCUT2D eigenvalue weighted by Crippen LogP contribution is -2.03. The Bertz CT molecular complexity index is 421. The van der Waals surface area contributed by atoms with Crippen LogP contribution in [0.3, 0.4) is 0 Å². The molecule has 0 N–H and O–H groups in total. The minimum Gasteiger partial charge on any atom is -0.466 e. The van der Waals surface area contributed by atoms with Crippen molar-refractivity contribution in [1.29, 1.82) is 0 Å². The lowest BCUT2D eigenvalue weighted by Gasteiger charge is -2.06. The topological polar surface area (TPSA) is 43.4 Å². The maximum Gasteiger partial charge on any atom is 0.305 e. The summed E-state index contributed by atoms with van der Waals surface area (Å²) in [5, 5.41) is 0.570. The van der Waals surface area contributed by atoms with E-state index >= 15 is 0 Å². The summed E-state index contributed by atoms with van der Waals surface area (Å²) in [6, 6.07) is 5.23. The van der Waals surface area contributed by atoms with Gasteiger partial charge in [-0.1, -0.05) is 23.7 Å². The number of rotatable bonds is 7. The van der Waals surface area contributed by atoms with Crippen LogP contribution in [0.5, 0.6) is 0 Å². The molecule has 1 aromatic carbocycles. The molecule has 5 heteroatoms. The first-order valence-corrected chi connectivity index (χ1v) is 7.07. The van der Waals surface area contributed by atoms with Crippen molar-refractivity contribution in [2.75, 3.05) is 12.4 Å². The van der Waals surface area contributed by atoms with Gasteiger partial charge in [-0.05, 0) is 25.2 Å². The van der Waals surface area contributed by atoms with E-state index in [1.807, 2.05) is 0 Å². The van der Waals surface area contributed by atoms with E-state index in [1.165, 1.54) is 11.8 Å². The van der Waals surface area contributed by atoms with Gasteiger partial charge in [0, 0.05) is 16.9 Å². The lowest BCUT2D eigenvalue weighted by molar-refractivity contribution is -0.143. The average molecular weight is 287 g/mol. The molecule has 0 spiro atoms. The molecular formula is C13H15ClO3S. The van der Waals surface area contributed by atoms with Gasteiger partial charge < -0.3 is 4.74 Å². The molecular weight excluding hydrogens is 272 g/mol. The van der Waals surface area contributed by atoms with Gasteiger partial charge in [0.15, 0.2) is 6.29 Å². The molecule has 0 saturated carbocycles. The Balaban J connectivity index is 2.44. The van der Waals surface area contributed by atoms with Gasteiger partial charge >= 0.3 is 5.97 Å². The average Bonchev–Trinajstić information content (AvgIpc) is 2.36. The molecule has 0 aromatic heterocycles. The van der Waals surface area contributed by atoms with Crippen LogP contribution in [0, 0.1) is 0 Å². The molecule has 0 saturated heterocycles. The second kappa shape index (κ2) is 8.16. The van der Waals surface area contributed by atoms with Crippen molar-refractivity contribution in [2.45, 2.75) is 24.7 Å². The molecule has 1 aromatic rings. The molecule has 1 rings (SSSR count). The van der Waals surface area contributed by atoms with E-state index in [0.717, 1.165) is 16.9 Å². The minimum atomic E-state index is -0.187. The second-order valence-corrected chi connectivity index (χ2v) is 5.05. The van der Waals surface area contributed by atoms with Gasteiger partial charge in [0.1, 0.15) is 0 Å². The minimum absolute atomic E-state index is 0.187. The number of benzene rings is 1. The van der Waals surface area contributed by atoms with Crippen LogP contribution in [0.1, 0.15) is 30.1 Å². The van der Waals surface area contributed by atoms with E-state index < -0.39 is 0 Å². The van der Waals surface area contributed by atoms with Crippen LogP contribution in [-0.2, 0) is 9.53 Å². The molecule has 0 unspecified atom stereocenters.